The number of hydrogen-bond donors (Lipinski definition) is 3. The van der Waals surface area contributed by atoms with Crippen LogP contribution in [0.1, 0.15) is 73.1 Å². The van der Waals surface area contributed by atoms with Gasteiger partial charge in [0.1, 0.15) is 6.04 Å². The lowest BCUT2D eigenvalue weighted by Gasteiger charge is -2.37. The third-order valence-electron chi connectivity index (χ3n) is 8.58. The molecule has 0 bridgehead atoms. The van der Waals surface area contributed by atoms with E-state index in [2.05, 4.69) is 16.0 Å². The van der Waals surface area contributed by atoms with Gasteiger partial charge in [0.05, 0.1) is 24.3 Å². The highest BCUT2D eigenvalue weighted by molar-refractivity contribution is 7.88. The highest BCUT2D eigenvalue weighted by Gasteiger charge is 2.56. The minimum Gasteiger partial charge on any atom is -0.353 e. The van der Waals surface area contributed by atoms with Crippen molar-refractivity contribution in [3.05, 3.63) is 0 Å². The summed E-state index contributed by atoms with van der Waals surface area (Å²) in [5, 5.41) is 8.97. The Kier molecular flexibility index (Phi) is 9.33. The van der Waals surface area contributed by atoms with Crippen LogP contribution in [0.5, 0.6) is 0 Å². The molecule has 212 valence electrons. The molecule has 0 radical (unpaired) electrons. The van der Waals surface area contributed by atoms with Crippen molar-refractivity contribution in [3.8, 4) is 0 Å². The summed E-state index contributed by atoms with van der Waals surface area (Å²) < 4.78 is 26.7. The fraction of sp³-hybridized carbons (Fsp3) is 0.885. The molecule has 3 rings (SSSR count). The van der Waals surface area contributed by atoms with Crippen molar-refractivity contribution < 1.29 is 22.8 Å². The molecule has 6 atom stereocenters. The number of carbonyl (C=O) groups is 3. The Morgan fingerprint density at radius 1 is 0.973 bits per heavy atom. The fourth-order valence-electron chi connectivity index (χ4n) is 6.21. The highest BCUT2D eigenvalue weighted by Crippen LogP contribution is 2.39. The van der Waals surface area contributed by atoms with Crippen LogP contribution in [0.25, 0.3) is 0 Å². The van der Waals surface area contributed by atoms with E-state index >= 15 is 0 Å². The van der Waals surface area contributed by atoms with Gasteiger partial charge >= 0.3 is 0 Å². The highest BCUT2D eigenvalue weighted by atomic mass is 32.2. The number of likely N-dealkylation sites (tertiary alicyclic amines) is 1. The number of carbonyl (C=O) groups excluding carboxylic acids is 3. The van der Waals surface area contributed by atoms with E-state index in [4.69, 9.17) is 0 Å². The van der Waals surface area contributed by atoms with Gasteiger partial charge in [-0.1, -0.05) is 40.0 Å². The molecule has 3 amide bonds. The first-order valence-electron chi connectivity index (χ1n) is 13.7. The minimum absolute atomic E-state index is 0.00580. The van der Waals surface area contributed by atoms with Gasteiger partial charge in [0.25, 0.3) is 0 Å². The number of likely N-dealkylation sites (N-methyl/N-ethyl adjacent to an activating group) is 1. The fourth-order valence-corrected chi connectivity index (χ4v) is 7.36. The van der Waals surface area contributed by atoms with Crippen LogP contribution in [0.2, 0.25) is 0 Å². The molecule has 2 heterocycles. The Hall–Kier alpha value is -1.72. The number of rotatable bonds is 8. The molecular formula is C26H47N5O5S. The number of sulfonamides is 1. The minimum atomic E-state index is -3.57. The zero-order chi connectivity index (χ0) is 27.7. The van der Waals surface area contributed by atoms with Crippen molar-refractivity contribution >= 4 is 27.7 Å². The van der Waals surface area contributed by atoms with Crippen molar-refractivity contribution in [2.24, 2.45) is 17.3 Å². The molecule has 0 spiro atoms. The van der Waals surface area contributed by atoms with Crippen LogP contribution >= 0.6 is 0 Å². The van der Waals surface area contributed by atoms with Gasteiger partial charge in [-0.05, 0) is 51.5 Å². The standard InChI is InChI=1S/C26H47N5O5S/c1-16(18-11-9-8-10-12-18)28-24(33)19-15-31(37(7,35)36)20-13-14-30(21(19)20)25(34)22(26(3,4)5)29-23(32)17(2)27-6/h16-22,27H,8-15H2,1-7H3,(H,28,33)(H,29,32)/t16-,17+,19+,20-,21-,22-/m1/s1. The van der Waals surface area contributed by atoms with Crippen LogP contribution in [0.4, 0.5) is 0 Å². The SMILES string of the molecule is CN[C@@H](C)C(=O)N[C@H](C(=O)N1CC[C@@H]2[C@H]1[C@@H](C(=O)N[C@H](C)C1CCCCC1)CN2S(C)(=O)=O)C(C)(C)C. The van der Waals surface area contributed by atoms with Gasteiger partial charge in [0, 0.05) is 25.2 Å². The third-order valence-corrected chi connectivity index (χ3v) is 9.85. The lowest BCUT2D eigenvalue weighted by Crippen LogP contribution is -2.59. The van der Waals surface area contributed by atoms with Crippen molar-refractivity contribution in [1.82, 2.24) is 25.2 Å². The van der Waals surface area contributed by atoms with E-state index in [0.717, 1.165) is 31.9 Å². The Morgan fingerprint density at radius 3 is 2.14 bits per heavy atom. The second-order valence-corrected chi connectivity index (χ2v) is 14.3. The van der Waals surface area contributed by atoms with E-state index in [1.165, 1.54) is 10.7 Å². The lowest BCUT2D eigenvalue weighted by molar-refractivity contribution is -0.142. The van der Waals surface area contributed by atoms with Gasteiger partial charge in [0.2, 0.25) is 27.7 Å². The Balaban J connectivity index is 1.86. The van der Waals surface area contributed by atoms with E-state index in [1.807, 2.05) is 27.7 Å². The van der Waals surface area contributed by atoms with Crippen molar-refractivity contribution in [2.75, 3.05) is 26.4 Å². The van der Waals surface area contributed by atoms with E-state index in [9.17, 15) is 22.8 Å². The van der Waals surface area contributed by atoms with E-state index < -0.39 is 45.5 Å². The molecule has 0 aromatic rings. The number of hydrogen-bond acceptors (Lipinski definition) is 6. The third kappa shape index (κ3) is 6.65. The normalized spacial score (nSPS) is 27.9. The molecule has 3 N–H and O–H groups in total. The zero-order valence-electron chi connectivity index (χ0n) is 23.5. The van der Waals surface area contributed by atoms with Crippen LogP contribution in [-0.4, -0.2) is 91.9 Å². The first-order chi connectivity index (χ1) is 17.2. The second-order valence-electron chi connectivity index (χ2n) is 12.3. The number of amides is 3. The molecule has 3 fully saturated rings. The van der Waals surface area contributed by atoms with E-state index in [0.29, 0.717) is 18.9 Å². The van der Waals surface area contributed by atoms with Crippen LogP contribution in [0.3, 0.4) is 0 Å². The van der Waals surface area contributed by atoms with Gasteiger partial charge < -0.3 is 20.9 Å². The summed E-state index contributed by atoms with van der Waals surface area (Å²) in [6.45, 7) is 9.82. The van der Waals surface area contributed by atoms with E-state index in [-0.39, 0.29) is 30.3 Å². The quantitative estimate of drug-likeness (QED) is 0.422. The maximum absolute atomic E-state index is 14.0. The number of nitrogens with zero attached hydrogens (tertiary/aromatic N) is 2. The van der Waals surface area contributed by atoms with Crippen LogP contribution in [0, 0.1) is 17.3 Å². The van der Waals surface area contributed by atoms with E-state index in [1.54, 1.807) is 18.9 Å². The predicted molar refractivity (Wildman–Crippen MR) is 143 cm³/mol. The topological polar surface area (TPSA) is 128 Å². The van der Waals surface area contributed by atoms with Gasteiger partial charge in [-0.3, -0.25) is 14.4 Å². The summed E-state index contributed by atoms with van der Waals surface area (Å²) in [5.74, 6) is -1.00. The Bertz CT molecular complexity index is 959. The number of fused-ring (bicyclic) bond motifs is 1. The molecule has 10 nitrogen and oxygen atoms in total. The molecule has 11 heteroatoms. The first kappa shape index (κ1) is 29.8. The summed E-state index contributed by atoms with van der Waals surface area (Å²) in [7, 11) is -1.89. The smallest absolute Gasteiger partial charge is 0.246 e. The maximum Gasteiger partial charge on any atom is 0.246 e. The van der Waals surface area contributed by atoms with Gasteiger partial charge in [-0.15, -0.1) is 0 Å². The van der Waals surface area contributed by atoms with Crippen molar-refractivity contribution in [3.63, 3.8) is 0 Å². The van der Waals surface area contributed by atoms with Crippen LogP contribution < -0.4 is 16.0 Å². The Morgan fingerprint density at radius 2 is 1.59 bits per heavy atom. The summed E-state index contributed by atoms with van der Waals surface area (Å²) in [6, 6.07) is -2.31. The van der Waals surface area contributed by atoms with Crippen molar-refractivity contribution in [1.29, 1.82) is 0 Å². The van der Waals surface area contributed by atoms with Crippen molar-refractivity contribution in [2.45, 2.75) is 103 Å². The molecule has 3 aliphatic rings. The summed E-state index contributed by atoms with van der Waals surface area (Å²) in [6.07, 6.45) is 7.33. The summed E-state index contributed by atoms with van der Waals surface area (Å²) >= 11 is 0. The molecule has 2 aliphatic heterocycles. The van der Waals surface area contributed by atoms with Gasteiger partial charge in [0.15, 0.2) is 0 Å². The molecule has 1 aliphatic carbocycles. The average molecular weight is 542 g/mol. The molecule has 0 unspecified atom stereocenters. The molecule has 0 aromatic carbocycles. The second kappa shape index (κ2) is 11.6. The monoisotopic (exact) mass is 541 g/mol. The molecular weight excluding hydrogens is 494 g/mol. The van der Waals surface area contributed by atoms with Crippen LogP contribution in [-0.2, 0) is 24.4 Å². The average Bonchev–Trinajstić information content (AvgIpc) is 3.41. The molecule has 2 saturated heterocycles. The first-order valence-corrected chi connectivity index (χ1v) is 15.6. The van der Waals surface area contributed by atoms with Gasteiger partial charge in [-0.2, -0.15) is 4.31 Å². The molecule has 0 aromatic heterocycles. The summed E-state index contributed by atoms with van der Waals surface area (Å²) in [4.78, 5) is 41.9. The van der Waals surface area contributed by atoms with Crippen LogP contribution in [0.15, 0.2) is 0 Å². The zero-order valence-corrected chi connectivity index (χ0v) is 24.4. The maximum atomic E-state index is 14.0. The molecule has 1 saturated carbocycles. The number of nitrogens with one attached hydrogen (secondary N) is 3. The lowest BCUT2D eigenvalue weighted by atomic mass is 9.84. The predicted octanol–water partition coefficient (Wildman–Crippen LogP) is 1.07. The summed E-state index contributed by atoms with van der Waals surface area (Å²) in [5.41, 5.74) is -0.583. The molecule has 37 heavy (non-hydrogen) atoms. The Labute approximate surface area is 222 Å². The largest absolute Gasteiger partial charge is 0.353 e. The van der Waals surface area contributed by atoms with Gasteiger partial charge in [-0.25, -0.2) is 8.42 Å².